The van der Waals surface area contributed by atoms with E-state index < -0.39 is 0 Å². The Morgan fingerprint density at radius 2 is 1.71 bits per heavy atom. The van der Waals surface area contributed by atoms with Gasteiger partial charge in [-0.05, 0) is 24.6 Å². The molecule has 0 saturated carbocycles. The highest BCUT2D eigenvalue weighted by Crippen LogP contribution is 2.24. The second-order valence-electron chi connectivity index (χ2n) is 6.55. The van der Waals surface area contributed by atoms with Crippen LogP contribution < -0.4 is 5.43 Å². The van der Waals surface area contributed by atoms with Gasteiger partial charge >= 0.3 is 0 Å². The Labute approximate surface area is 163 Å². The Bertz CT molecular complexity index is 1170. The molecule has 0 saturated heterocycles. The Kier molecular flexibility index (Phi) is 4.93. The summed E-state index contributed by atoms with van der Waals surface area (Å²) < 4.78 is 0. The van der Waals surface area contributed by atoms with Gasteiger partial charge in [-0.2, -0.15) is 5.10 Å². The smallest absolute Gasteiger partial charge is 0.267 e. The van der Waals surface area contributed by atoms with Gasteiger partial charge in [-0.15, -0.1) is 0 Å². The van der Waals surface area contributed by atoms with Gasteiger partial charge < -0.3 is 0 Å². The van der Waals surface area contributed by atoms with Gasteiger partial charge in [0.25, 0.3) is 5.91 Å². The van der Waals surface area contributed by atoms with Crippen LogP contribution in [0.3, 0.4) is 0 Å². The van der Waals surface area contributed by atoms with Crippen LogP contribution in [-0.4, -0.2) is 17.1 Å². The van der Waals surface area contributed by atoms with Crippen molar-refractivity contribution in [2.75, 3.05) is 0 Å². The largest absolute Gasteiger partial charge is 0.272 e. The first-order valence-corrected chi connectivity index (χ1v) is 9.06. The zero-order chi connectivity index (χ0) is 19.3. The number of aromatic nitrogens is 1. The third-order valence-electron chi connectivity index (χ3n) is 4.45. The molecule has 136 valence electrons. The van der Waals surface area contributed by atoms with Gasteiger partial charge in [0, 0.05) is 10.9 Å². The molecule has 3 aromatic carbocycles. The summed E-state index contributed by atoms with van der Waals surface area (Å²) in [6, 6.07) is 27.2. The van der Waals surface area contributed by atoms with Crippen molar-refractivity contribution in [3.05, 3.63) is 102 Å². The van der Waals surface area contributed by atoms with Crippen LogP contribution in [0.1, 0.15) is 21.5 Å². The number of amides is 1. The molecule has 0 atom stereocenters. The molecule has 1 heterocycles. The maximum Gasteiger partial charge on any atom is 0.272 e. The highest BCUT2D eigenvalue weighted by atomic mass is 16.2. The first-order chi connectivity index (χ1) is 13.7. The monoisotopic (exact) mass is 365 g/mol. The van der Waals surface area contributed by atoms with E-state index >= 15 is 0 Å². The minimum atomic E-state index is -0.264. The number of fused-ring (bicyclic) bond motifs is 1. The van der Waals surface area contributed by atoms with Gasteiger partial charge in [-0.3, -0.25) is 4.79 Å². The SMILES string of the molecule is Cc1cccc(/C=N\NC(=O)c2cc(-c3ccccc3)nc3ccccc23)c1. The minimum Gasteiger partial charge on any atom is -0.267 e. The van der Waals surface area contributed by atoms with Gasteiger partial charge in [-0.1, -0.05) is 78.4 Å². The average molecular weight is 365 g/mol. The number of hydrogen-bond acceptors (Lipinski definition) is 3. The molecule has 0 aliphatic carbocycles. The fourth-order valence-electron chi connectivity index (χ4n) is 3.10. The number of hydrazone groups is 1. The van der Waals surface area contributed by atoms with Crippen LogP contribution in [0.2, 0.25) is 0 Å². The van der Waals surface area contributed by atoms with Crippen LogP contribution in [0.4, 0.5) is 0 Å². The number of pyridine rings is 1. The van der Waals surface area contributed by atoms with E-state index in [2.05, 4.69) is 10.5 Å². The van der Waals surface area contributed by atoms with Crippen molar-refractivity contribution in [1.29, 1.82) is 0 Å². The molecule has 0 spiro atoms. The summed E-state index contributed by atoms with van der Waals surface area (Å²) >= 11 is 0. The van der Waals surface area contributed by atoms with Gasteiger partial charge in [0.15, 0.2) is 0 Å². The van der Waals surface area contributed by atoms with Crippen molar-refractivity contribution in [3.63, 3.8) is 0 Å². The summed E-state index contributed by atoms with van der Waals surface area (Å²) in [6.07, 6.45) is 1.65. The van der Waals surface area contributed by atoms with Crippen LogP contribution in [-0.2, 0) is 0 Å². The summed E-state index contributed by atoms with van der Waals surface area (Å²) in [5.74, 6) is -0.264. The molecular weight excluding hydrogens is 346 g/mol. The molecule has 1 amide bonds. The zero-order valence-corrected chi connectivity index (χ0v) is 15.5. The number of hydrogen-bond donors (Lipinski definition) is 1. The van der Waals surface area contributed by atoms with E-state index in [1.54, 1.807) is 6.21 Å². The fourth-order valence-corrected chi connectivity index (χ4v) is 3.10. The lowest BCUT2D eigenvalue weighted by molar-refractivity contribution is 0.0957. The maximum atomic E-state index is 12.8. The second-order valence-corrected chi connectivity index (χ2v) is 6.55. The third kappa shape index (κ3) is 3.81. The number of para-hydroxylation sites is 1. The van der Waals surface area contributed by atoms with Gasteiger partial charge in [-0.25, -0.2) is 10.4 Å². The molecule has 0 radical (unpaired) electrons. The Morgan fingerprint density at radius 1 is 0.929 bits per heavy atom. The van der Waals surface area contributed by atoms with Crippen LogP contribution >= 0.6 is 0 Å². The summed E-state index contributed by atoms with van der Waals surface area (Å²) in [5, 5.41) is 4.92. The Balaban J connectivity index is 1.67. The van der Waals surface area contributed by atoms with E-state index in [0.29, 0.717) is 5.56 Å². The van der Waals surface area contributed by atoms with Crippen molar-refractivity contribution < 1.29 is 4.79 Å². The molecule has 28 heavy (non-hydrogen) atoms. The van der Waals surface area contributed by atoms with Crippen molar-refractivity contribution >= 4 is 23.0 Å². The predicted octanol–water partition coefficient (Wildman–Crippen LogP) is 4.97. The number of aryl methyl sites for hydroxylation is 1. The third-order valence-corrected chi connectivity index (χ3v) is 4.45. The topological polar surface area (TPSA) is 54.4 Å². The minimum absolute atomic E-state index is 0.264. The van der Waals surface area contributed by atoms with Gasteiger partial charge in [0.05, 0.1) is 23.0 Å². The van der Waals surface area contributed by atoms with E-state index in [4.69, 9.17) is 4.98 Å². The van der Waals surface area contributed by atoms with E-state index in [0.717, 1.165) is 33.3 Å². The Morgan fingerprint density at radius 3 is 2.54 bits per heavy atom. The van der Waals surface area contributed by atoms with Crippen molar-refractivity contribution in [1.82, 2.24) is 10.4 Å². The molecule has 0 unspecified atom stereocenters. The van der Waals surface area contributed by atoms with Crippen LogP contribution in [0.15, 0.2) is 90.0 Å². The summed E-state index contributed by atoms with van der Waals surface area (Å²) in [7, 11) is 0. The lowest BCUT2D eigenvalue weighted by atomic mass is 10.0. The maximum absolute atomic E-state index is 12.8. The predicted molar refractivity (Wildman–Crippen MR) is 113 cm³/mol. The van der Waals surface area contributed by atoms with E-state index in [-0.39, 0.29) is 5.91 Å². The molecule has 0 fully saturated rings. The molecule has 4 rings (SSSR count). The first-order valence-electron chi connectivity index (χ1n) is 9.06. The summed E-state index contributed by atoms with van der Waals surface area (Å²) in [5.41, 5.74) is 7.76. The molecule has 1 N–H and O–H groups in total. The molecule has 0 aliphatic heterocycles. The molecule has 4 heteroatoms. The number of rotatable bonds is 4. The van der Waals surface area contributed by atoms with E-state index in [1.165, 1.54) is 0 Å². The Hall–Kier alpha value is -3.79. The normalized spacial score (nSPS) is 11.0. The molecule has 0 aliphatic rings. The molecular formula is C24H19N3O. The lowest BCUT2D eigenvalue weighted by Crippen LogP contribution is -2.18. The van der Waals surface area contributed by atoms with E-state index in [1.807, 2.05) is 91.9 Å². The van der Waals surface area contributed by atoms with Crippen LogP contribution in [0.25, 0.3) is 22.2 Å². The molecule has 4 nitrogen and oxygen atoms in total. The van der Waals surface area contributed by atoms with Crippen LogP contribution in [0.5, 0.6) is 0 Å². The highest BCUT2D eigenvalue weighted by Gasteiger charge is 2.13. The van der Waals surface area contributed by atoms with Crippen molar-refractivity contribution in [2.45, 2.75) is 6.92 Å². The molecule has 4 aromatic rings. The van der Waals surface area contributed by atoms with Gasteiger partial charge in [0.2, 0.25) is 0 Å². The molecule has 1 aromatic heterocycles. The number of benzene rings is 3. The number of carbonyl (C=O) groups excluding carboxylic acids is 1. The number of nitrogens with one attached hydrogen (secondary N) is 1. The second kappa shape index (κ2) is 7.84. The number of carbonyl (C=O) groups is 1. The zero-order valence-electron chi connectivity index (χ0n) is 15.5. The first kappa shape index (κ1) is 17.6. The van der Waals surface area contributed by atoms with Gasteiger partial charge in [0.1, 0.15) is 0 Å². The highest BCUT2D eigenvalue weighted by molar-refractivity contribution is 6.07. The van der Waals surface area contributed by atoms with Crippen molar-refractivity contribution in [2.24, 2.45) is 5.10 Å². The van der Waals surface area contributed by atoms with Crippen LogP contribution in [0, 0.1) is 6.92 Å². The lowest BCUT2D eigenvalue weighted by Gasteiger charge is -2.09. The fraction of sp³-hybridized carbons (Fsp3) is 0.0417. The summed E-state index contributed by atoms with van der Waals surface area (Å²) in [4.78, 5) is 17.6. The summed E-state index contributed by atoms with van der Waals surface area (Å²) in [6.45, 7) is 2.02. The quantitative estimate of drug-likeness (QED) is 0.410. The number of nitrogens with zero attached hydrogens (tertiary/aromatic N) is 2. The van der Waals surface area contributed by atoms with E-state index in [9.17, 15) is 4.79 Å². The molecule has 0 bridgehead atoms. The standard InChI is InChI=1S/C24H19N3O/c1-17-8-7-9-18(14-17)16-25-27-24(28)21-15-23(19-10-3-2-4-11-19)26-22-13-6-5-12-20(21)22/h2-16H,1H3,(H,27,28)/b25-16-. The van der Waals surface area contributed by atoms with Crippen molar-refractivity contribution in [3.8, 4) is 11.3 Å². The average Bonchev–Trinajstić information content (AvgIpc) is 2.73.